The van der Waals surface area contributed by atoms with Gasteiger partial charge in [-0.25, -0.2) is 0 Å². The molecule has 19 heavy (non-hydrogen) atoms. The van der Waals surface area contributed by atoms with Gasteiger partial charge in [0, 0.05) is 12.1 Å². The highest BCUT2D eigenvalue weighted by Gasteiger charge is 2.09. The zero-order valence-corrected chi connectivity index (χ0v) is 12.5. The Morgan fingerprint density at radius 3 is 2.47 bits per heavy atom. The molecule has 0 aliphatic carbocycles. The van der Waals surface area contributed by atoms with Gasteiger partial charge in [0.2, 0.25) is 0 Å². The number of nitrogens with one attached hydrogen (secondary N) is 1. The molecule has 3 nitrogen and oxygen atoms in total. The summed E-state index contributed by atoms with van der Waals surface area (Å²) in [5.41, 5.74) is 0.622. The minimum absolute atomic E-state index is 0.00232. The monoisotopic (exact) mass is 283 g/mol. The SMILES string of the molecule is CCCC(Cl)CNC(=O)c1ccc(OC(C)C)cc1. The first-order valence-corrected chi connectivity index (χ1v) is 7.15. The third-order valence-corrected chi connectivity index (χ3v) is 2.95. The van der Waals surface area contributed by atoms with Crippen LogP contribution < -0.4 is 10.1 Å². The number of amides is 1. The van der Waals surface area contributed by atoms with Crippen LogP contribution in [0.2, 0.25) is 0 Å². The summed E-state index contributed by atoms with van der Waals surface area (Å²) in [6.07, 6.45) is 2.06. The summed E-state index contributed by atoms with van der Waals surface area (Å²) in [6, 6.07) is 7.13. The Bertz CT molecular complexity index is 390. The molecule has 1 rings (SSSR count). The van der Waals surface area contributed by atoms with Gasteiger partial charge in [0.05, 0.1) is 11.5 Å². The van der Waals surface area contributed by atoms with E-state index in [4.69, 9.17) is 16.3 Å². The van der Waals surface area contributed by atoms with Gasteiger partial charge in [-0.15, -0.1) is 11.6 Å². The standard InChI is InChI=1S/C15H22ClNO2/c1-4-5-13(16)10-17-15(18)12-6-8-14(9-7-12)19-11(2)3/h6-9,11,13H,4-5,10H2,1-3H3,(H,17,18). The van der Waals surface area contributed by atoms with Crippen molar-refractivity contribution in [2.24, 2.45) is 0 Å². The largest absolute Gasteiger partial charge is 0.491 e. The highest BCUT2D eigenvalue weighted by atomic mass is 35.5. The summed E-state index contributed by atoms with van der Waals surface area (Å²) >= 11 is 6.06. The van der Waals surface area contributed by atoms with Crippen LogP contribution in [0, 0.1) is 0 Å². The fourth-order valence-corrected chi connectivity index (χ4v) is 1.97. The number of hydrogen-bond acceptors (Lipinski definition) is 2. The topological polar surface area (TPSA) is 38.3 Å². The molecule has 0 aliphatic heterocycles. The Balaban J connectivity index is 2.48. The molecule has 0 aliphatic rings. The molecule has 1 amide bonds. The van der Waals surface area contributed by atoms with Crippen molar-refractivity contribution in [1.29, 1.82) is 0 Å². The van der Waals surface area contributed by atoms with Gasteiger partial charge in [-0.3, -0.25) is 4.79 Å². The fourth-order valence-electron chi connectivity index (χ4n) is 1.68. The van der Waals surface area contributed by atoms with Crippen LogP contribution in [0.1, 0.15) is 44.0 Å². The number of ether oxygens (including phenoxy) is 1. The van der Waals surface area contributed by atoms with Crippen molar-refractivity contribution >= 4 is 17.5 Å². The lowest BCUT2D eigenvalue weighted by Crippen LogP contribution is -2.29. The molecule has 106 valence electrons. The van der Waals surface area contributed by atoms with E-state index in [1.807, 2.05) is 13.8 Å². The van der Waals surface area contributed by atoms with E-state index in [1.165, 1.54) is 0 Å². The van der Waals surface area contributed by atoms with E-state index in [0.29, 0.717) is 12.1 Å². The number of halogens is 1. The Hall–Kier alpha value is -1.22. The van der Waals surface area contributed by atoms with E-state index >= 15 is 0 Å². The summed E-state index contributed by atoms with van der Waals surface area (Å²) < 4.78 is 5.53. The number of carbonyl (C=O) groups is 1. The second-order valence-corrected chi connectivity index (χ2v) is 5.40. The minimum Gasteiger partial charge on any atom is -0.491 e. The molecule has 0 bridgehead atoms. The number of hydrogen-bond donors (Lipinski definition) is 1. The molecule has 1 atom stereocenters. The average Bonchev–Trinajstić information content (AvgIpc) is 2.36. The Morgan fingerprint density at radius 2 is 1.95 bits per heavy atom. The molecule has 1 aromatic carbocycles. The Labute approximate surface area is 120 Å². The van der Waals surface area contributed by atoms with E-state index in [1.54, 1.807) is 24.3 Å². The van der Waals surface area contributed by atoms with Crippen LogP contribution in [0.5, 0.6) is 5.75 Å². The van der Waals surface area contributed by atoms with Crippen LogP contribution in [-0.2, 0) is 0 Å². The van der Waals surface area contributed by atoms with E-state index in [9.17, 15) is 4.79 Å². The van der Waals surface area contributed by atoms with Crippen molar-refractivity contribution in [3.05, 3.63) is 29.8 Å². The van der Waals surface area contributed by atoms with Crippen molar-refractivity contribution in [3.63, 3.8) is 0 Å². The van der Waals surface area contributed by atoms with Gasteiger partial charge in [-0.2, -0.15) is 0 Å². The third-order valence-electron chi connectivity index (χ3n) is 2.57. The summed E-state index contributed by atoms with van der Waals surface area (Å²) in [5, 5.41) is 2.83. The molecule has 4 heteroatoms. The summed E-state index contributed by atoms with van der Waals surface area (Å²) in [5.74, 6) is 0.672. The first kappa shape index (κ1) is 15.8. The second kappa shape index (κ2) is 8.05. The maximum Gasteiger partial charge on any atom is 0.251 e. The maximum absolute atomic E-state index is 11.9. The first-order valence-electron chi connectivity index (χ1n) is 6.72. The molecule has 1 N–H and O–H groups in total. The third kappa shape index (κ3) is 5.97. The smallest absolute Gasteiger partial charge is 0.251 e. The molecule has 0 saturated carbocycles. The highest BCUT2D eigenvalue weighted by Crippen LogP contribution is 2.14. The Kier molecular flexibility index (Phi) is 6.71. The van der Waals surface area contributed by atoms with Gasteiger partial charge in [-0.05, 0) is 44.5 Å². The fraction of sp³-hybridized carbons (Fsp3) is 0.533. The highest BCUT2D eigenvalue weighted by molar-refractivity contribution is 6.20. The number of benzene rings is 1. The van der Waals surface area contributed by atoms with Crippen molar-refractivity contribution < 1.29 is 9.53 Å². The quantitative estimate of drug-likeness (QED) is 0.776. The predicted octanol–water partition coefficient (Wildman–Crippen LogP) is 3.61. The van der Waals surface area contributed by atoms with E-state index in [0.717, 1.165) is 18.6 Å². The Morgan fingerprint density at radius 1 is 1.32 bits per heavy atom. The van der Waals surface area contributed by atoms with Gasteiger partial charge in [0.1, 0.15) is 5.75 Å². The van der Waals surface area contributed by atoms with E-state index < -0.39 is 0 Å². The van der Waals surface area contributed by atoms with Crippen LogP contribution in [-0.4, -0.2) is 23.9 Å². The lowest BCUT2D eigenvalue weighted by Gasteiger charge is -2.11. The number of carbonyl (C=O) groups excluding carboxylic acids is 1. The minimum atomic E-state index is -0.0992. The average molecular weight is 284 g/mol. The summed E-state index contributed by atoms with van der Waals surface area (Å²) in [4.78, 5) is 11.9. The summed E-state index contributed by atoms with van der Waals surface area (Å²) in [6.45, 7) is 6.51. The first-order chi connectivity index (χ1) is 9.02. The molecular weight excluding hydrogens is 262 g/mol. The van der Waals surface area contributed by atoms with Gasteiger partial charge in [0.15, 0.2) is 0 Å². The maximum atomic E-state index is 11.9. The normalized spacial score (nSPS) is 12.3. The predicted molar refractivity (Wildman–Crippen MR) is 79.1 cm³/mol. The van der Waals surface area contributed by atoms with Gasteiger partial charge in [-0.1, -0.05) is 13.3 Å². The zero-order chi connectivity index (χ0) is 14.3. The van der Waals surface area contributed by atoms with Crippen molar-refractivity contribution in [2.45, 2.75) is 45.1 Å². The molecule has 1 aromatic rings. The van der Waals surface area contributed by atoms with E-state index in [-0.39, 0.29) is 17.4 Å². The van der Waals surface area contributed by atoms with E-state index in [2.05, 4.69) is 12.2 Å². The van der Waals surface area contributed by atoms with Crippen LogP contribution in [0.4, 0.5) is 0 Å². The summed E-state index contributed by atoms with van der Waals surface area (Å²) in [7, 11) is 0. The molecule has 0 radical (unpaired) electrons. The van der Waals surface area contributed by atoms with Crippen LogP contribution >= 0.6 is 11.6 Å². The molecule has 0 fully saturated rings. The van der Waals surface area contributed by atoms with Crippen molar-refractivity contribution in [3.8, 4) is 5.75 Å². The lowest BCUT2D eigenvalue weighted by molar-refractivity contribution is 0.0953. The van der Waals surface area contributed by atoms with Crippen LogP contribution in [0.3, 0.4) is 0 Å². The molecule has 1 unspecified atom stereocenters. The number of rotatable bonds is 7. The van der Waals surface area contributed by atoms with Crippen LogP contribution in [0.15, 0.2) is 24.3 Å². The van der Waals surface area contributed by atoms with Gasteiger partial charge >= 0.3 is 0 Å². The zero-order valence-electron chi connectivity index (χ0n) is 11.8. The second-order valence-electron chi connectivity index (χ2n) is 4.79. The molecule has 0 aromatic heterocycles. The molecule has 0 saturated heterocycles. The molecule has 0 spiro atoms. The van der Waals surface area contributed by atoms with Gasteiger partial charge < -0.3 is 10.1 Å². The van der Waals surface area contributed by atoms with Crippen molar-refractivity contribution in [1.82, 2.24) is 5.32 Å². The van der Waals surface area contributed by atoms with Gasteiger partial charge in [0.25, 0.3) is 5.91 Å². The lowest BCUT2D eigenvalue weighted by atomic mass is 10.2. The molecule has 0 heterocycles. The molecular formula is C15H22ClNO2. The van der Waals surface area contributed by atoms with Crippen molar-refractivity contribution in [2.75, 3.05) is 6.54 Å². The number of alkyl halides is 1. The van der Waals surface area contributed by atoms with Crippen LogP contribution in [0.25, 0.3) is 0 Å².